The number of aromatic nitrogens is 2. The summed E-state index contributed by atoms with van der Waals surface area (Å²) in [6, 6.07) is 3.25. The van der Waals surface area contributed by atoms with E-state index in [0.29, 0.717) is 18.5 Å². The van der Waals surface area contributed by atoms with Crippen LogP contribution in [-0.4, -0.2) is 26.9 Å². The summed E-state index contributed by atoms with van der Waals surface area (Å²) in [7, 11) is 0. The highest BCUT2D eigenvalue weighted by atomic mass is 35.5. The van der Waals surface area contributed by atoms with E-state index in [0.717, 1.165) is 0 Å². The molecule has 6 heteroatoms. The minimum absolute atomic E-state index is 0.159. The maximum absolute atomic E-state index is 11.9. The summed E-state index contributed by atoms with van der Waals surface area (Å²) >= 11 is 5.63. The maximum atomic E-state index is 11.9. The Morgan fingerprint density at radius 2 is 1.83 bits per heavy atom. The van der Waals surface area contributed by atoms with E-state index in [-0.39, 0.29) is 28.9 Å². The summed E-state index contributed by atoms with van der Waals surface area (Å²) in [6.45, 7) is 4.00. The fourth-order valence-corrected chi connectivity index (χ4v) is 2.08. The van der Waals surface area contributed by atoms with Gasteiger partial charge in [-0.25, -0.2) is 0 Å². The molecule has 0 unspecified atom stereocenters. The van der Waals surface area contributed by atoms with Crippen LogP contribution < -0.4 is 0 Å². The lowest BCUT2D eigenvalue weighted by atomic mass is 9.82. The molecule has 1 aliphatic heterocycles. The van der Waals surface area contributed by atoms with Crippen molar-refractivity contribution in [1.29, 1.82) is 0 Å². The molecule has 2 amide bonds. The van der Waals surface area contributed by atoms with E-state index in [9.17, 15) is 9.59 Å². The van der Waals surface area contributed by atoms with Gasteiger partial charge in [-0.15, -0.1) is 5.10 Å². The van der Waals surface area contributed by atoms with E-state index in [1.165, 1.54) is 4.90 Å². The van der Waals surface area contributed by atoms with Gasteiger partial charge in [-0.1, -0.05) is 25.4 Å². The van der Waals surface area contributed by atoms with E-state index >= 15 is 0 Å². The second kappa shape index (κ2) is 4.65. The predicted molar refractivity (Wildman–Crippen MR) is 65.6 cm³/mol. The van der Waals surface area contributed by atoms with Crippen LogP contribution in [0.1, 0.15) is 32.4 Å². The van der Waals surface area contributed by atoms with Gasteiger partial charge in [-0.3, -0.25) is 14.5 Å². The topological polar surface area (TPSA) is 63.2 Å². The minimum Gasteiger partial charge on any atom is -0.276 e. The highest BCUT2D eigenvalue weighted by molar-refractivity contribution is 6.29. The van der Waals surface area contributed by atoms with Gasteiger partial charge in [0, 0.05) is 12.8 Å². The third-order valence-electron chi connectivity index (χ3n) is 2.87. The van der Waals surface area contributed by atoms with Gasteiger partial charge in [0.25, 0.3) is 0 Å². The first-order valence-electron chi connectivity index (χ1n) is 5.69. The molecule has 0 aromatic carbocycles. The molecule has 0 radical (unpaired) electrons. The Morgan fingerprint density at radius 1 is 1.22 bits per heavy atom. The molecule has 1 aromatic heterocycles. The van der Waals surface area contributed by atoms with Crippen molar-refractivity contribution in [3.8, 4) is 0 Å². The van der Waals surface area contributed by atoms with Gasteiger partial charge in [0.2, 0.25) is 11.8 Å². The zero-order valence-corrected chi connectivity index (χ0v) is 11.1. The average molecular weight is 268 g/mol. The molecule has 96 valence electrons. The highest BCUT2D eigenvalue weighted by Gasteiger charge is 2.37. The molecule has 2 heterocycles. The summed E-state index contributed by atoms with van der Waals surface area (Å²) in [5.41, 5.74) is 0.303. The van der Waals surface area contributed by atoms with Crippen LogP contribution in [0.25, 0.3) is 0 Å². The van der Waals surface area contributed by atoms with Crippen LogP contribution in [0, 0.1) is 5.41 Å². The number of nitrogens with zero attached hydrogens (tertiary/aromatic N) is 3. The van der Waals surface area contributed by atoms with Crippen molar-refractivity contribution < 1.29 is 9.59 Å². The van der Waals surface area contributed by atoms with Crippen molar-refractivity contribution in [2.45, 2.75) is 33.2 Å². The summed E-state index contributed by atoms with van der Waals surface area (Å²) in [5.74, 6) is -0.319. The summed E-state index contributed by atoms with van der Waals surface area (Å²) < 4.78 is 0. The van der Waals surface area contributed by atoms with Crippen LogP contribution in [0.5, 0.6) is 0 Å². The summed E-state index contributed by atoms with van der Waals surface area (Å²) in [5, 5.41) is 7.83. The van der Waals surface area contributed by atoms with Gasteiger partial charge in [0.15, 0.2) is 5.15 Å². The molecular weight excluding hydrogens is 254 g/mol. The molecule has 0 atom stereocenters. The fraction of sp³-hybridized carbons (Fsp3) is 0.500. The molecule has 2 rings (SSSR count). The average Bonchev–Trinajstić information content (AvgIpc) is 2.24. The Bertz CT molecular complexity index is 465. The number of amides is 2. The van der Waals surface area contributed by atoms with Crippen LogP contribution in [0.2, 0.25) is 5.15 Å². The van der Waals surface area contributed by atoms with Crippen molar-refractivity contribution in [2.75, 3.05) is 0 Å². The van der Waals surface area contributed by atoms with Crippen LogP contribution in [0.3, 0.4) is 0 Å². The zero-order valence-electron chi connectivity index (χ0n) is 10.3. The van der Waals surface area contributed by atoms with E-state index in [4.69, 9.17) is 11.6 Å². The summed E-state index contributed by atoms with van der Waals surface area (Å²) in [4.78, 5) is 25.1. The van der Waals surface area contributed by atoms with Crippen LogP contribution in [0.4, 0.5) is 0 Å². The van der Waals surface area contributed by atoms with Gasteiger partial charge in [0.05, 0.1) is 12.2 Å². The highest BCUT2D eigenvalue weighted by Crippen LogP contribution is 2.31. The fourth-order valence-electron chi connectivity index (χ4n) is 1.98. The molecule has 0 spiro atoms. The first-order chi connectivity index (χ1) is 8.37. The van der Waals surface area contributed by atoms with Gasteiger partial charge < -0.3 is 0 Å². The molecule has 1 saturated heterocycles. The first kappa shape index (κ1) is 13.0. The lowest BCUT2D eigenvalue weighted by molar-refractivity contribution is -0.153. The quantitative estimate of drug-likeness (QED) is 0.767. The number of hydrogen-bond donors (Lipinski definition) is 0. The Morgan fingerprint density at radius 3 is 2.33 bits per heavy atom. The van der Waals surface area contributed by atoms with E-state index < -0.39 is 0 Å². The maximum Gasteiger partial charge on any atom is 0.230 e. The number of imide groups is 1. The lowest BCUT2D eigenvalue weighted by Crippen LogP contribution is -2.45. The van der Waals surface area contributed by atoms with Crippen molar-refractivity contribution >= 4 is 23.4 Å². The molecule has 1 fully saturated rings. The number of piperidine rings is 1. The molecule has 1 aromatic rings. The Hall–Kier alpha value is -1.49. The number of likely N-dealkylation sites (tertiary alicyclic amines) is 1. The van der Waals surface area contributed by atoms with Gasteiger partial charge in [-0.2, -0.15) is 5.10 Å². The number of rotatable bonds is 2. The SMILES string of the molecule is CC1(C)CC(=O)N(Cc2ccc(Cl)nn2)C(=O)C1. The van der Waals surface area contributed by atoms with Crippen LogP contribution in [-0.2, 0) is 16.1 Å². The van der Waals surface area contributed by atoms with Gasteiger partial charge in [0.1, 0.15) is 0 Å². The standard InChI is InChI=1S/C12H14ClN3O2/c1-12(2)5-10(17)16(11(18)6-12)7-8-3-4-9(13)15-14-8/h3-4H,5-7H2,1-2H3. The molecule has 0 N–H and O–H groups in total. The molecule has 1 aliphatic rings. The van der Waals surface area contributed by atoms with Crippen LogP contribution in [0.15, 0.2) is 12.1 Å². The molecule has 0 saturated carbocycles. The van der Waals surface area contributed by atoms with E-state index in [1.807, 2.05) is 13.8 Å². The number of carbonyl (C=O) groups excluding carboxylic acids is 2. The molecule has 0 bridgehead atoms. The Balaban J connectivity index is 2.12. The van der Waals surface area contributed by atoms with Crippen molar-refractivity contribution in [3.63, 3.8) is 0 Å². The number of halogens is 1. The molecule has 18 heavy (non-hydrogen) atoms. The van der Waals surface area contributed by atoms with Gasteiger partial charge >= 0.3 is 0 Å². The van der Waals surface area contributed by atoms with E-state index in [2.05, 4.69) is 10.2 Å². The second-order valence-corrected chi connectivity index (χ2v) is 5.63. The lowest BCUT2D eigenvalue weighted by Gasteiger charge is -2.34. The largest absolute Gasteiger partial charge is 0.276 e. The van der Waals surface area contributed by atoms with Crippen LogP contribution >= 0.6 is 11.6 Å². The summed E-state index contributed by atoms with van der Waals surface area (Å²) in [6.07, 6.45) is 0.750. The normalized spacial score (nSPS) is 19.2. The number of carbonyl (C=O) groups is 2. The molecule has 5 nitrogen and oxygen atoms in total. The monoisotopic (exact) mass is 267 g/mol. The van der Waals surface area contributed by atoms with Crippen molar-refractivity contribution in [1.82, 2.24) is 15.1 Å². The predicted octanol–water partition coefficient (Wildman–Crippen LogP) is 1.81. The molecule has 0 aliphatic carbocycles. The zero-order chi connectivity index (χ0) is 13.3. The minimum atomic E-state index is -0.254. The Labute approximate surface area is 110 Å². The van der Waals surface area contributed by atoms with Crippen molar-refractivity contribution in [3.05, 3.63) is 23.0 Å². The van der Waals surface area contributed by atoms with Gasteiger partial charge in [-0.05, 0) is 17.5 Å². The number of hydrogen-bond acceptors (Lipinski definition) is 4. The Kier molecular flexibility index (Phi) is 3.34. The molecular formula is C12H14ClN3O2. The third kappa shape index (κ3) is 2.85. The smallest absolute Gasteiger partial charge is 0.230 e. The van der Waals surface area contributed by atoms with E-state index in [1.54, 1.807) is 12.1 Å². The first-order valence-corrected chi connectivity index (χ1v) is 6.06. The van der Waals surface area contributed by atoms with Crippen molar-refractivity contribution in [2.24, 2.45) is 5.41 Å². The third-order valence-corrected chi connectivity index (χ3v) is 3.07. The second-order valence-electron chi connectivity index (χ2n) is 5.24.